The summed E-state index contributed by atoms with van der Waals surface area (Å²) >= 11 is 0. The Morgan fingerprint density at radius 3 is 2.57 bits per heavy atom. The number of benzene rings is 1. The summed E-state index contributed by atoms with van der Waals surface area (Å²) in [5, 5.41) is 10.4. The Balaban J connectivity index is 1.48. The first-order chi connectivity index (χ1) is 14.4. The molecule has 2 aliphatic rings. The Bertz CT molecular complexity index is 927. The minimum atomic E-state index is -0.879. The number of amides is 2. The van der Waals surface area contributed by atoms with Gasteiger partial charge in [0.25, 0.3) is 0 Å². The minimum Gasteiger partial charge on any atom is -0.465 e. The lowest BCUT2D eigenvalue weighted by atomic mass is 9.80. The van der Waals surface area contributed by atoms with Gasteiger partial charge in [0.15, 0.2) is 0 Å². The number of fused-ring (bicyclic) bond motifs is 3. The van der Waals surface area contributed by atoms with E-state index in [1.807, 2.05) is 0 Å². The van der Waals surface area contributed by atoms with E-state index in [2.05, 4.69) is 48.0 Å². The average Bonchev–Trinajstić information content (AvgIpc) is 3.11. The van der Waals surface area contributed by atoms with E-state index in [0.717, 1.165) is 44.2 Å². The SMILES string of the molecule is CC(C)C1c2[nH]c3ccccc3c2CCN1C(=O)C1CCC(CN(C)C(=O)O)CC1. The van der Waals surface area contributed by atoms with Crippen molar-refractivity contribution >= 4 is 22.9 Å². The quantitative estimate of drug-likeness (QED) is 0.768. The predicted octanol–water partition coefficient (Wildman–Crippen LogP) is 4.67. The molecule has 1 unspecified atom stereocenters. The van der Waals surface area contributed by atoms with E-state index in [1.54, 1.807) is 7.05 Å². The molecule has 0 saturated heterocycles. The highest BCUT2D eigenvalue weighted by Crippen LogP contribution is 2.40. The van der Waals surface area contributed by atoms with Gasteiger partial charge in [-0.3, -0.25) is 4.79 Å². The third-order valence-corrected chi connectivity index (χ3v) is 7.05. The number of nitrogens with zero attached hydrogens (tertiary/aromatic N) is 2. The summed E-state index contributed by atoms with van der Waals surface area (Å²) < 4.78 is 0. The van der Waals surface area contributed by atoms with Crippen molar-refractivity contribution in [3.8, 4) is 0 Å². The number of aromatic amines is 1. The van der Waals surface area contributed by atoms with E-state index in [0.29, 0.717) is 18.4 Å². The van der Waals surface area contributed by atoms with Crippen LogP contribution in [0.3, 0.4) is 0 Å². The van der Waals surface area contributed by atoms with Crippen molar-refractivity contribution < 1.29 is 14.7 Å². The average molecular weight is 412 g/mol. The maximum Gasteiger partial charge on any atom is 0.407 e. The van der Waals surface area contributed by atoms with Crippen molar-refractivity contribution in [2.45, 2.75) is 52.0 Å². The number of carboxylic acid groups (broad SMARTS) is 1. The van der Waals surface area contributed by atoms with E-state index in [1.165, 1.54) is 21.5 Å². The number of para-hydroxylation sites is 1. The number of hydrogen-bond acceptors (Lipinski definition) is 2. The van der Waals surface area contributed by atoms with Gasteiger partial charge in [0.05, 0.1) is 6.04 Å². The van der Waals surface area contributed by atoms with Gasteiger partial charge < -0.3 is 19.9 Å². The molecule has 0 bridgehead atoms. The first-order valence-electron chi connectivity index (χ1n) is 11.2. The second-order valence-electron chi connectivity index (χ2n) is 9.41. The lowest BCUT2D eigenvalue weighted by Gasteiger charge is -2.41. The molecule has 2 aromatic rings. The van der Waals surface area contributed by atoms with Crippen molar-refractivity contribution in [2.75, 3.05) is 20.1 Å². The van der Waals surface area contributed by atoms with Crippen LogP contribution < -0.4 is 0 Å². The Kier molecular flexibility index (Phi) is 5.76. The number of H-pyrrole nitrogens is 1. The summed E-state index contributed by atoms with van der Waals surface area (Å²) in [6.07, 6.45) is 3.58. The van der Waals surface area contributed by atoms with Gasteiger partial charge in [-0.2, -0.15) is 0 Å². The number of carbonyl (C=O) groups is 2. The Hall–Kier alpha value is -2.50. The van der Waals surface area contributed by atoms with Crippen LogP contribution in [0.25, 0.3) is 10.9 Å². The van der Waals surface area contributed by atoms with Crippen molar-refractivity contribution in [1.29, 1.82) is 0 Å². The van der Waals surface area contributed by atoms with Crippen molar-refractivity contribution in [1.82, 2.24) is 14.8 Å². The van der Waals surface area contributed by atoms with Crippen LogP contribution in [0.5, 0.6) is 0 Å². The zero-order valence-corrected chi connectivity index (χ0v) is 18.2. The van der Waals surface area contributed by atoms with Crippen LogP contribution in [-0.4, -0.2) is 52.0 Å². The Labute approximate surface area is 178 Å². The molecule has 6 heteroatoms. The molecule has 1 aromatic carbocycles. The van der Waals surface area contributed by atoms with Crippen LogP contribution in [0.4, 0.5) is 4.79 Å². The molecule has 2 N–H and O–H groups in total. The molecule has 1 aromatic heterocycles. The third kappa shape index (κ3) is 3.80. The third-order valence-electron chi connectivity index (χ3n) is 7.05. The first-order valence-corrected chi connectivity index (χ1v) is 11.2. The van der Waals surface area contributed by atoms with Gasteiger partial charge in [0, 0.05) is 42.7 Å². The second-order valence-corrected chi connectivity index (χ2v) is 9.41. The summed E-state index contributed by atoms with van der Waals surface area (Å²) in [6.45, 7) is 5.74. The highest BCUT2D eigenvalue weighted by atomic mass is 16.4. The summed E-state index contributed by atoms with van der Waals surface area (Å²) in [5.41, 5.74) is 3.74. The van der Waals surface area contributed by atoms with Gasteiger partial charge in [0.2, 0.25) is 5.91 Å². The lowest BCUT2D eigenvalue weighted by Crippen LogP contribution is -2.46. The van der Waals surface area contributed by atoms with Crippen LogP contribution in [-0.2, 0) is 11.2 Å². The largest absolute Gasteiger partial charge is 0.465 e. The number of aromatic nitrogens is 1. The molecule has 4 rings (SSSR count). The van der Waals surface area contributed by atoms with E-state index in [-0.39, 0.29) is 17.9 Å². The Morgan fingerprint density at radius 1 is 1.20 bits per heavy atom. The molecule has 1 fully saturated rings. The Morgan fingerprint density at radius 2 is 1.90 bits per heavy atom. The molecule has 2 amide bonds. The molecule has 2 heterocycles. The zero-order chi connectivity index (χ0) is 21.4. The molecule has 1 saturated carbocycles. The molecular formula is C24H33N3O3. The molecule has 0 spiro atoms. The van der Waals surface area contributed by atoms with Crippen LogP contribution in [0.15, 0.2) is 24.3 Å². The highest BCUT2D eigenvalue weighted by Gasteiger charge is 2.38. The predicted molar refractivity (Wildman–Crippen MR) is 117 cm³/mol. The molecular weight excluding hydrogens is 378 g/mol. The van der Waals surface area contributed by atoms with E-state index in [4.69, 9.17) is 5.11 Å². The standard InChI is InChI=1S/C24H33N3O3/c1-15(2)22-21-19(18-6-4-5-7-20(18)25-21)12-13-27(22)23(28)17-10-8-16(9-11-17)14-26(3)24(29)30/h4-7,15-17,22,25H,8-14H2,1-3H3,(H,29,30). The number of rotatable bonds is 4. The second kappa shape index (κ2) is 8.32. The summed E-state index contributed by atoms with van der Waals surface area (Å²) in [4.78, 5) is 31.7. The zero-order valence-electron chi connectivity index (χ0n) is 18.2. The summed E-state index contributed by atoms with van der Waals surface area (Å²) in [5.74, 6) is 1.03. The topological polar surface area (TPSA) is 76.6 Å². The van der Waals surface area contributed by atoms with Gasteiger partial charge in [-0.25, -0.2) is 4.79 Å². The van der Waals surface area contributed by atoms with E-state index in [9.17, 15) is 9.59 Å². The molecule has 1 aliphatic carbocycles. The number of hydrogen-bond donors (Lipinski definition) is 2. The lowest BCUT2D eigenvalue weighted by molar-refractivity contribution is -0.141. The van der Waals surface area contributed by atoms with Crippen molar-refractivity contribution in [2.24, 2.45) is 17.8 Å². The summed E-state index contributed by atoms with van der Waals surface area (Å²) in [6, 6.07) is 8.52. The number of nitrogens with one attached hydrogen (secondary N) is 1. The highest BCUT2D eigenvalue weighted by molar-refractivity contribution is 5.86. The molecule has 162 valence electrons. The van der Waals surface area contributed by atoms with Crippen molar-refractivity contribution in [3.63, 3.8) is 0 Å². The van der Waals surface area contributed by atoms with Gasteiger partial charge in [-0.05, 0) is 55.6 Å². The fraction of sp³-hybridized carbons (Fsp3) is 0.583. The van der Waals surface area contributed by atoms with E-state index >= 15 is 0 Å². The maximum atomic E-state index is 13.5. The van der Waals surface area contributed by atoms with Gasteiger partial charge in [-0.15, -0.1) is 0 Å². The van der Waals surface area contributed by atoms with Crippen LogP contribution in [0, 0.1) is 17.8 Å². The smallest absolute Gasteiger partial charge is 0.407 e. The molecule has 1 aliphatic heterocycles. The first kappa shape index (κ1) is 20.8. The van der Waals surface area contributed by atoms with Crippen LogP contribution in [0.2, 0.25) is 0 Å². The molecule has 0 radical (unpaired) electrons. The summed E-state index contributed by atoms with van der Waals surface area (Å²) in [7, 11) is 1.62. The van der Waals surface area contributed by atoms with Crippen LogP contribution >= 0.6 is 0 Å². The molecule has 30 heavy (non-hydrogen) atoms. The normalized spacial score (nSPS) is 24.1. The fourth-order valence-corrected chi connectivity index (χ4v) is 5.50. The van der Waals surface area contributed by atoms with E-state index < -0.39 is 6.09 Å². The molecule has 6 nitrogen and oxygen atoms in total. The minimum absolute atomic E-state index is 0.0589. The molecule has 1 atom stereocenters. The van der Waals surface area contributed by atoms with Gasteiger partial charge in [-0.1, -0.05) is 32.0 Å². The van der Waals surface area contributed by atoms with Crippen LogP contribution in [0.1, 0.15) is 56.8 Å². The monoisotopic (exact) mass is 411 g/mol. The van der Waals surface area contributed by atoms with Gasteiger partial charge in [0.1, 0.15) is 0 Å². The fourth-order valence-electron chi connectivity index (χ4n) is 5.50. The maximum absolute atomic E-state index is 13.5. The van der Waals surface area contributed by atoms with Gasteiger partial charge >= 0.3 is 6.09 Å². The number of carbonyl (C=O) groups excluding carboxylic acids is 1. The van der Waals surface area contributed by atoms with Crippen molar-refractivity contribution in [3.05, 3.63) is 35.5 Å².